The summed E-state index contributed by atoms with van der Waals surface area (Å²) in [5, 5.41) is 22.7. The molecule has 8 N–H and O–H groups in total. The van der Waals surface area contributed by atoms with Gasteiger partial charge < -0.3 is 37.2 Å². The summed E-state index contributed by atoms with van der Waals surface area (Å²) in [6, 6.07) is -4.61. The van der Waals surface area contributed by atoms with Crippen LogP contribution in [0.25, 0.3) is 0 Å². The van der Waals surface area contributed by atoms with Crippen LogP contribution < -0.4 is 22.1 Å². The minimum absolute atomic E-state index is 0.0181. The van der Waals surface area contributed by atoms with Crippen LogP contribution in [0.3, 0.4) is 0 Å². The molecular weight excluding hydrogens is 446 g/mol. The number of thiol groups is 1. The molecule has 1 saturated heterocycles. The van der Waals surface area contributed by atoms with E-state index in [0.29, 0.717) is 6.42 Å². The minimum Gasteiger partial charge on any atom is -0.481 e. The van der Waals surface area contributed by atoms with E-state index in [-0.39, 0.29) is 38.0 Å². The van der Waals surface area contributed by atoms with E-state index in [1.54, 1.807) is 0 Å². The third-order valence-electron chi connectivity index (χ3n) is 4.93. The van der Waals surface area contributed by atoms with Gasteiger partial charge >= 0.3 is 11.9 Å². The first-order valence-electron chi connectivity index (χ1n) is 9.98. The van der Waals surface area contributed by atoms with Crippen molar-refractivity contribution in [2.24, 2.45) is 11.5 Å². The second kappa shape index (κ2) is 12.9. The van der Waals surface area contributed by atoms with Gasteiger partial charge in [0.2, 0.25) is 23.6 Å². The van der Waals surface area contributed by atoms with Crippen molar-refractivity contribution in [3.63, 3.8) is 0 Å². The molecule has 1 rings (SSSR count). The van der Waals surface area contributed by atoms with Gasteiger partial charge in [-0.1, -0.05) is 0 Å². The van der Waals surface area contributed by atoms with Gasteiger partial charge in [0, 0.05) is 25.1 Å². The third-order valence-corrected chi connectivity index (χ3v) is 5.32. The molecular formula is C18H29N5O8S. The smallest absolute Gasteiger partial charge is 0.326 e. The van der Waals surface area contributed by atoms with Crippen molar-refractivity contribution >= 4 is 48.2 Å². The molecule has 0 aromatic heterocycles. The van der Waals surface area contributed by atoms with E-state index in [4.69, 9.17) is 16.6 Å². The number of nitrogens with one attached hydrogen (secondary N) is 2. The molecule has 13 nitrogen and oxygen atoms in total. The lowest BCUT2D eigenvalue weighted by atomic mass is 10.1. The number of amides is 4. The Morgan fingerprint density at radius 2 is 1.66 bits per heavy atom. The van der Waals surface area contributed by atoms with E-state index in [2.05, 4.69) is 23.3 Å². The minimum atomic E-state index is -1.44. The predicted molar refractivity (Wildman–Crippen MR) is 113 cm³/mol. The molecule has 4 atom stereocenters. The van der Waals surface area contributed by atoms with Crippen molar-refractivity contribution < 1.29 is 39.0 Å². The number of carboxylic acid groups (broad SMARTS) is 2. The Bertz CT molecular complexity index is 749. The van der Waals surface area contributed by atoms with Crippen LogP contribution in [0, 0.1) is 0 Å². The average molecular weight is 476 g/mol. The molecule has 14 heteroatoms. The molecule has 180 valence electrons. The Morgan fingerprint density at radius 1 is 1.03 bits per heavy atom. The van der Waals surface area contributed by atoms with Crippen molar-refractivity contribution in [3.05, 3.63) is 0 Å². The van der Waals surface area contributed by atoms with Crippen LogP contribution in [0.5, 0.6) is 0 Å². The third kappa shape index (κ3) is 8.34. The van der Waals surface area contributed by atoms with Crippen molar-refractivity contribution in [2.75, 3.05) is 12.3 Å². The first kappa shape index (κ1) is 27.2. The highest BCUT2D eigenvalue weighted by molar-refractivity contribution is 7.80. The van der Waals surface area contributed by atoms with Gasteiger partial charge in [0.25, 0.3) is 0 Å². The molecule has 0 radical (unpaired) electrons. The predicted octanol–water partition coefficient (Wildman–Crippen LogP) is -2.58. The summed E-state index contributed by atoms with van der Waals surface area (Å²) in [5.41, 5.74) is 10.8. The molecule has 0 bridgehead atoms. The van der Waals surface area contributed by atoms with Gasteiger partial charge in [0.1, 0.15) is 18.1 Å². The molecule has 1 aliphatic heterocycles. The first-order chi connectivity index (χ1) is 15.0. The monoisotopic (exact) mass is 475 g/mol. The SMILES string of the molecule is NC(=O)CCC(NC(=O)C(N)CS)C(=O)N1CCCC1C(=O)NC(CCC(=O)O)C(=O)O. The number of aliphatic carboxylic acids is 2. The maximum atomic E-state index is 13.1. The van der Waals surface area contributed by atoms with Crippen LogP contribution in [0.2, 0.25) is 0 Å². The van der Waals surface area contributed by atoms with Gasteiger partial charge in [-0.05, 0) is 25.7 Å². The van der Waals surface area contributed by atoms with Crippen LogP contribution in [0.15, 0.2) is 0 Å². The zero-order chi connectivity index (χ0) is 24.4. The lowest BCUT2D eigenvalue weighted by Crippen LogP contribution is -2.57. The van der Waals surface area contributed by atoms with E-state index in [0.717, 1.165) is 0 Å². The number of hydrogen-bond acceptors (Lipinski definition) is 8. The molecule has 1 fully saturated rings. The Kier molecular flexibility index (Phi) is 10.9. The largest absolute Gasteiger partial charge is 0.481 e. The van der Waals surface area contributed by atoms with Gasteiger partial charge in [-0.2, -0.15) is 12.6 Å². The van der Waals surface area contributed by atoms with E-state index in [9.17, 15) is 33.9 Å². The average Bonchev–Trinajstić information content (AvgIpc) is 3.22. The number of rotatable bonds is 13. The quantitative estimate of drug-likeness (QED) is 0.139. The van der Waals surface area contributed by atoms with Gasteiger partial charge in [0.05, 0.1) is 6.04 Å². The summed E-state index contributed by atoms with van der Waals surface area (Å²) in [6.07, 6.45) is -0.403. The van der Waals surface area contributed by atoms with E-state index >= 15 is 0 Å². The van der Waals surface area contributed by atoms with Gasteiger partial charge in [-0.3, -0.25) is 24.0 Å². The molecule has 32 heavy (non-hydrogen) atoms. The van der Waals surface area contributed by atoms with E-state index in [1.807, 2.05) is 0 Å². The van der Waals surface area contributed by atoms with Crippen LogP contribution in [-0.4, -0.2) is 87.1 Å². The maximum Gasteiger partial charge on any atom is 0.326 e. The van der Waals surface area contributed by atoms with Crippen LogP contribution in [0.1, 0.15) is 38.5 Å². The second-order valence-corrected chi connectivity index (χ2v) is 7.74. The molecule has 1 heterocycles. The fraction of sp³-hybridized carbons (Fsp3) is 0.667. The number of carbonyl (C=O) groups excluding carboxylic acids is 4. The van der Waals surface area contributed by atoms with Crippen LogP contribution >= 0.6 is 12.6 Å². The van der Waals surface area contributed by atoms with Crippen LogP contribution in [-0.2, 0) is 28.8 Å². The van der Waals surface area contributed by atoms with Crippen molar-refractivity contribution in [1.29, 1.82) is 0 Å². The highest BCUT2D eigenvalue weighted by Crippen LogP contribution is 2.20. The fourth-order valence-electron chi connectivity index (χ4n) is 3.20. The summed E-state index contributed by atoms with van der Waals surface area (Å²) in [4.78, 5) is 72.3. The number of carboxylic acids is 2. The summed E-state index contributed by atoms with van der Waals surface area (Å²) in [5.74, 6) is -5.33. The van der Waals surface area contributed by atoms with Crippen molar-refractivity contribution in [3.8, 4) is 0 Å². The summed E-state index contributed by atoms with van der Waals surface area (Å²) in [6.45, 7) is 0.172. The summed E-state index contributed by atoms with van der Waals surface area (Å²) >= 11 is 3.93. The van der Waals surface area contributed by atoms with Gasteiger partial charge in [-0.15, -0.1) is 0 Å². The van der Waals surface area contributed by atoms with E-state index < -0.39 is 66.2 Å². The Labute approximate surface area is 189 Å². The second-order valence-electron chi connectivity index (χ2n) is 7.38. The number of primary amides is 1. The molecule has 0 saturated carbocycles. The number of nitrogens with zero attached hydrogens (tertiary/aromatic N) is 1. The van der Waals surface area contributed by atoms with Gasteiger partial charge in [0.15, 0.2) is 0 Å². The maximum absolute atomic E-state index is 13.1. The molecule has 4 unspecified atom stereocenters. The lowest BCUT2D eigenvalue weighted by Gasteiger charge is -2.29. The summed E-state index contributed by atoms with van der Waals surface area (Å²) in [7, 11) is 0. The Balaban J connectivity index is 2.94. The van der Waals surface area contributed by atoms with Crippen molar-refractivity contribution in [2.45, 2.75) is 62.7 Å². The number of likely N-dealkylation sites (tertiary alicyclic amines) is 1. The normalized spacial score (nSPS) is 18.3. The van der Waals surface area contributed by atoms with E-state index in [1.165, 1.54) is 4.90 Å². The molecule has 4 amide bonds. The van der Waals surface area contributed by atoms with Crippen LogP contribution in [0.4, 0.5) is 0 Å². The molecule has 0 aliphatic carbocycles. The standard InChI is InChI=1S/C18H29N5O8S/c19-9(8-32)15(27)21-10(3-5-13(20)24)17(29)23-7-1-2-12(23)16(28)22-11(18(30)31)4-6-14(25)26/h9-12,32H,1-8,19H2,(H2,20,24)(H,21,27)(H,22,28)(H,25,26)(H,30,31). The Hall–Kier alpha value is -2.87. The molecule has 0 aromatic rings. The fourth-order valence-corrected chi connectivity index (χ4v) is 3.37. The number of carbonyl (C=O) groups is 6. The highest BCUT2D eigenvalue weighted by Gasteiger charge is 2.39. The topological polar surface area (TPSA) is 222 Å². The summed E-state index contributed by atoms with van der Waals surface area (Å²) < 4.78 is 0. The van der Waals surface area contributed by atoms with Gasteiger partial charge in [-0.25, -0.2) is 4.79 Å². The first-order valence-corrected chi connectivity index (χ1v) is 10.6. The zero-order valence-electron chi connectivity index (χ0n) is 17.4. The number of hydrogen-bond donors (Lipinski definition) is 7. The Morgan fingerprint density at radius 3 is 2.19 bits per heavy atom. The highest BCUT2D eigenvalue weighted by atomic mass is 32.1. The number of nitrogens with two attached hydrogens (primary N) is 2. The molecule has 0 spiro atoms. The molecule has 1 aliphatic rings. The zero-order valence-corrected chi connectivity index (χ0v) is 18.3. The molecule has 0 aromatic carbocycles. The van der Waals surface area contributed by atoms with Crippen molar-refractivity contribution in [1.82, 2.24) is 15.5 Å². The lowest BCUT2D eigenvalue weighted by molar-refractivity contribution is -0.145.